The van der Waals surface area contributed by atoms with Crippen molar-refractivity contribution in [3.05, 3.63) is 34.7 Å². The summed E-state index contributed by atoms with van der Waals surface area (Å²) in [5.74, 6) is 0.621. The average Bonchev–Trinajstić information content (AvgIpc) is 2.82. The largest absolute Gasteiger partial charge is 0.467 e. The van der Waals surface area contributed by atoms with Gasteiger partial charge >= 0.3 is 5.97 Å². The average molecular weight is 260 g/mol. The molecule has 0 radical (unpaired) electrons. The number of ether oxygens (including phenoxy) is 1. The SMILES string of the molecule is COC(=O)C1CCc2nc3ccccc3c(=S)n21. The van der Waals surface area contributed by atoms with Crippen LogP contribution in [0.5, 0.6) is 0 Å². The third kappa shape index (κ3) is 1.54. The second kappa shape index (κ2) is 4.17. The van der Waals surface area contributed by atoms with E-state index in [1.54, 1.807) is 0 Å². The maximum absolute atomic E-state index is 11.7. The Labute approximate surface area is 109 Å². The Bertz CT molecular complexity index is 693. The number of esters is 1. The van der Waals surface area contributed by atoms with Gasteiger partial charge in [-0.15, -0.1) is 0 Å². The third-order valence-corrected chi connectivity index (χ3v) is 3.72. The van der Waals surface area contributed by atoms with E-state index in [4.69, 9.17) is 17.0 Å². The lowest BCUT2D eigenvalue weighted by atomic mass is 10.2. The third-order valence-electron chi connectivity index (χ3n) is 3.31. The molecule has 0 spiro atoms. The minimum absolute atomic E-state index is 0.248. The highest BCUT2D eigenvalue weighted by molar-refractivity contribution is 7.71. The number of hydrogen-bond donors (Lipinski definition) is 0. The first kappa shape index (κ1) is 11.3. The van der Waals surface area contributed by atoms with E-state index in [-0.39, 0.29) is 12.0 Å². The van der Waals surface area contributed by atoms with Gasteiger partial charge in [-0.3, -0.25) is 0 Å². The van der Waals surface area contributed by atoms with Crippen LogP contribution in [0, 0.1) is 4.64 Å². The highest BCUT2D eigenvalue weighted by Crippen LogP contribution is 2.29. The van der Waals surface area contributed by atoms with Gasteiger partial charge in [-0.25, -0.2) is 9.78 Å². The zero-order valence-electron chi connectivity index (χ0n) is 9.92. The van der Waals surface area contributed by atoms with Crippen LogP contribution in [0.3, 0.4) is 0 Å². The number of carbonyl (C=O) groups excluding carboxylic acids is 1. The van der Waals surface area contributed by atoms with Crippen molar-refractivity contribution in [2.75, 3.05) is 7.11 Å². The van der Waals surface area contributed by atoms with E-state index >= 15 is 0 Å². The van der Waals surface area contributed by atoms with Gasteiger partial charge in [0.2, 0.25) is 0 Å². The lowest BCUT2D eigenvalue weighted by molar-refractivity contribution is -0.144. The predicted octanol–water partition coefficient (Wildman–Crippen LogP) is 2.43. The van der Waals surface area contributed by atoms with Gasteiger partial charge in [-0.2, -0.15) is 0 Å². The monoisotopic (exact) mass is 260 g/mol. The lowest BCUT2D eigenvalue weighted by Crippen LogP contribution is -2.19. The number of methoxy groups -OCH3 is 1. The van der Waals surface area contributed by atoms with E-state index in [0.29, 0.717) is 11.1 Å². The van der Waals surface area contributed by atoms with E-state index in [2.05, 4.69) is 4.98 Å². The van der Waals surface area contributed by atoms with E-state index in [9.17, 15) is 4.79 Å². The summed E-state index contributed by atoms with van der Waals surface area (Å²) in [6.07, 6.45) is 1.47. The van der Waals surface area contributed by atoms with Gasteiger partial charge in [0.1, 0.15) is 16.5 Å². The number of benzene rings is 1. The Balaban J connectivity index is 2.28. The summed E-state index contributed by atoms with van der Waals surface area (Å²) in [4.78, 5) is 16.3. The summed E-state index contributed by atoms with van der Waals surface area (Å²) >= 11 is 5.48. The van der Waals surface area contributed by atoms with Crippen molar-refractivity contribution >= 4 is 29.1 Å². The molecule has 1 aromatic heterocycles. The number of para-hydroxylation sites is 1. The molecule has 92 valence electrons. The summed E-state index contributed by atoms with van der Waals surface area (Å²) in [6.45, 7) is 0. The molecule has 5 heteroatoms. The molecule has 0 amide bonds. The van der Waals surface area contributed by atoms with Crippen LogP contribution >= 0.6 is 12.2 Å². The molecule has 0 N–H and O–H groups in total. The van der Waals surface area contributed by atoms with E-state index in [0.717, 1.165) is 23.1 Å². The molecule has 1 aliphatic heterocycles. The normalized spacial score (nSPS) is 17.7. The highest BCUT2D eigenvalue weighted by Gasteiger charge is 2.30. The molecule has 3 rings (SSSR count). The quantitative estimate of drug-likeness (QED) is 0.583. The van der Waals surface area contributed by atoms with E-state index < -0.39 is 0 Å². The maximum atomic E-state index is 11.7. The van der Waals surface area contributed by atoms with Crippen LogP contribution < -0.4 is 0 Å². The summed E-state index contributed by atoms with van der Waals surface area (Å²) < 4.78 is 7.33. The summed E-state index contributed by atoms with van der Waals surface area (Å²) in [5.41, 5.74) is 0.888. The van der Waals surface area contributed by atoms with Crippen LogP contribution in [0.2, 0.25) is 0 Å². The smallest absolute Gasteiger partial charge is 0.328 e. The molecule has 1 atom stereocenters. The molecular formula is C13H12N2O2S. The molecule has 0 aliphatic carbocycles. The molecule has 2 heterocycles. The summed E-state index contributed by atoms with van der Waals surface area (Å²) in [6, 6.07) is 7.42. The number of fused-ring (bicyclic) bond motifs is 2. The molecule has 4 nitrogen and oxygen atoms in total. The standard InChI is InChI=1S/C13H12N2O2S/c1-17-13(16)10-6-7-11-14-9-5-3-2-4-8(9)12(18)15(10)11/h2-5,10H,6-7H2,1H3. The number of nitrogens with zero attached hydrogens (tertiary/aromatic N) is 2. The van der Waals surface area contributed by atoms with Crippen molar-refractivity contribution in [3.8, 4) is 0 Å². The Morgan fingerprint density at radius 1 is 1.50 bits per heavy atom. The second-order valence-electron chi connectivity index (χ2n) is 4.30. The molecular weight excluding hydrogens is 248 g/mol. The van der Waals surface area contributed by atoms with E-state index in [1.165, 1.54) is 7.11 Å². The fourth-order valence-corrected chi connectivity index (χ4v) is 2.85. The topological polar surface area (TPSA) is 44.1 Å². The first-order valence-electron chi connectivity index (χ1n) is 5.80. The van der Waals surface area contributed by atoms with Gasteiger partial charge in [-0.1, -0.05) is 24.4 Å². The number of aromatic nitrogens is 2. The molecule has 1 aromatic carbocycles. The Morgan fingerprint density at radius 2 is 2.28 bits per heavy atom. The molecule has 0 bridgehead atoms. The van der Waals surface area contributed by atoms with Gasteiger partial charge in [0.05, 0.1) is 12.6 Å². The predicted molar refractivity (Wildman–Crippen MR) is 69.9 cm³/mol. The van der Waals surface area contributed by atoms with E-state index in [1.807, 2.05) is 28.8 Å². The molecule has 0 saturated carbocycles. The van der Waals surface area contributed by atoms with Crippen molar-refractivity contribution in [2.45, 2.75) is 18.9 Å². The van der Waals surface area contributed by atoms with Gasteiger partial charge in [0.15, 0.2) is 0 Å². The summed E-state index contributed by atoms with van der Waals surface area (Å²) in [7, 11) is 1.40. The number of rotatable bonds is 1. The minimum atomic E-state index is -0.324. The zero-order chi connectivity index (χ0) is 12.7. The highest BCUT2D eigenvalue weighted by atomic mass is 32.1. The van der Waals surface area contributed by atoms with Crippen molar-refractivity contribution in [1.82, 2.24) is 9.55 Å². The minimum Gasteiger partial charge on any atom is -0.467 e. The van der Waals surface area contributed by atoms with Gasteiger partial charge in [-0.05, 0) is 18.6 Å². The molecule has 0 saturated heterocycles. The second-order valence-corrected chi connectivity index (χ2v) is 4.68. The molecule has 18 heavy (non-hydrogen) atoms. The van der Waals surface area contributed by atoms with Crippen molar-refractivity contribution in [1.29, 1.82) is 0 Å². The first-order valence-corrected chi connectivity index (χ1v) is 6.21. The van der Waals surface area contributed by atoms with Gasteiger partial charge in [0, 0.05) is 11.8 Å². The Morgan fingerprint density at radius 3 is 3.06 bits per heavy atom. The first-order chi connectivity index (χ1) is 8.72. The molecule has 2 aromatic rings. The van der Waals surface area contributed by atoms with Crippen LogP contribution in [0.1, 0.15) is 18.3 Å². The van der Waals surface area contributed by atoms with Crippen LogP contribution in [0.4, 0.5) is 0 Å². The van der Waals surface area contributed by atoms with Gasteiger partial charge < -0.3 is 9.30 Å². The van der Waals surface area contributed by atoms with Crippen LogP contribution in [0.25, 0.3) is 10.9 Å². The zero-order valence-corrected chi connectivity index (χ0v) is 10.7. The van der Waals surface area contributed by atoms with Crippen molar-refractivity contribution in [2.24, 2.45) is 0 Å². The fourth-order valence-electron chi connectivity index (χ4n) is 2.44. The van der Waals surface area contributed by atoms with Crippen LogP contribution in [-0.4, -0.2) is 22.6 Å². The van der Waals surface area contributed by atoms with Crippen molar-refractivity contribution < 1.29 is 9.53 Å². The number of carbonyl (C=O) groups is 1. The van der Waals surface area contributed by atoms with Crippen LogP contribution in [0.15, 0.2) is 24.3 Å². The molecule has 1 aliphatic rings. The van der Waals surface area contributed by atoms with Gasteiger partial charge in [0.25, 0.3) is 0 Å². The Hall–Kier alpha value is -1.75. The molecule has 0 fully saturated rings. The van der Waals surface area contributed by atoms with Crippen LogP contribution in [-0.2, 0) is 16.0 Å². The Kier molecular flexibility index (Phi) is 2.63. The summed E-state index contributed by atoms with van der Waals surface area (Å²) in [5, 5.41) is 0.909. The lowest BCUT2D eigenvalue weighted by Gasteiger charge is -2.13. The number of aryl methyl sites for hydroxylation is 1. The number of hydrogen-bond acceptors (Lipinski definition) is 4. The maximum Gasteiger partial charge on any atom is 0.328 e. The molecule has 1 unspecified atom stereocenters. The fraction of sp³-hybridized carbons (Fsp3) is 0.308. The van der Waals surface area contributed by atoms with Crippen molar-refractivity contribution in [3.63, 3.8) is 0 Å².